The molecular weight excluding hydrogens is 322 g/mol. The van der Waals surface area contributed by atoms with Crippen LogP contribution in [0.2, 0.25) is 0 Å². The molecule has 0 aliphatic carbocycles. The fourth-order valence-electron chi connectivity index (χ4n) is 2.65. The number of nitrogens with zero attached hydrogens (tertiary/aromatic N) is 4. The number of hydrogen-bond acceptors (Lipinski definition) is 10. The molecule has 1 aliphatic rings. The zero-order chi connectivity index (χ0) is 17.4. The summed E-state index contributed by atoms with van der Waals surface area (Å²) in [5, 5.41) is 48.0. The molecule has 0 spiro atoms. The number of aliphatic hydroxyl groups excluding tert-OH is 5. The molecule has 1 aliphatic heterocycles. The first-order chi connectivity index (χ1) is 11.5. The Morgan fingerprint density at radius 2 is 2.00 bits per heavy atom. The van der Waals surface area contributed by atoms with Gasteiger partial charge in [-0.1, -0.05) is 0 Å². The summed E-state index contributed by atoms with van der Waals surface area (Å²) in [5.74, 6) is 0.0278. The van der Waals surface area contributed by atoms with Crippen molar-refractivity contribution in [3.05, 3.63) is 12.2 Å². The molecule has 3 heterocycles. The molecule has 0 aromatic carbocycles. The van der Waals surface area contributed by atoms with E-state index in [9.17, 15) is 20.4 Å². The Bertz CT molecular complexity index is 724. The molecule has 0 saturated carbocycles. The SMILES string of the molecule is Nc1nc(C(O)CCO)nc2c1ncn2[C@@H]1O[C@H](CO)[C@@H](O)[C@H]1O. The molecule has 3 rings (SSSR count). The molecule has 0 amide bonds. The van der Waals surface area contributed by atoms with Crippen LogP contribution in [0.25, 0.3) is 11.2 Å². The topological polar surface area (TPSA) is 180 Å². The van der Waals surface area contributed by atoms with Gasteiger partial charge in [0.2, 0.25) is 0 Å². The van der Waals surface area contributed by atoms with E-state index in [1.807, 2.05) is 0 Å². The van der Waals surface area contributed by atoms with Gasteiger partial charge in [0.05, 0.1) is 12.9 Å². The normalized spacial score (nSPS) is 28.5. The Kier molecular flexibility index (Phi) is 4.62. The lowest BCUT2D eigenvalue weighted by atomic mass is 10.1. The second-order valence-electron chi connectivity index (χ2n) is 5.55. The average Bonchev–Trinajstić information content (AvgIpc) is 3.10. The van der Waals surface area contributed by atoms with E-state index in [0.717, 1.165) is 0 Å². The Morgan fingerprint density at radius 3 is 2.62 bits per heavy atom. The molecule has 7 N–H and O–H groups in total. The van der Waals surface area contributed by atoms with Crippen LogP contribution in [-0.2, 0) is 4.74 Å². The van der Waals surface area contributed by atoms with E-state index in [2.05, 4.69) is 15.0 Å². The van der Waals surface area contributed by atoms with Crippen molar-refractivity contribution in [3.8, 4) is 0 Å². The molecule has 24 heavy (non-hydrogen) atoms. The van der Waals surface area contributed by atoms with E-state index in [1.54, 1.807) is 0 Å². The van der Waals surface area contributed by atoms with Gasteiger partial charge in [-0.25, -0.2) is 15.0 Å². The van der Waals surface area contributed by atoms with Crippen LogP contribution in [0, 0.1) is 0 Å². The molecule has 1 saturated heterocycles. The van der Waals surface area contributed by atoms with Gasteiger partial charge in [-0.2, -0.15) is 0 Å². The Balaban J connectivity index is 2.03. The van der Waals surface area contributed by atoms with E-state index < -0.39 is 37.3 Å². The number of anilines is 1. The van der Waals surface area contributed by atoms with E-state index in [-0.39, 0.29) is 35.8 Å². The molecule has 11 nitrogen and oxygen atoms in total. The number of rotatable bonds is 5. The van der Waals surface area contributed by atoms with E-state index >= 15 is 0 Å². The minimum absolute atomic E-state index is 0.00235. The minimum atomic E-state index is -1.30. The number of fused-ring (bicyclic) bond motifs is 1. The van der Waals surface area contributed by atoms with Gasteiger partial charge in [-0.3, -0.25) is 4.57 Å². The Morgan fingerprint density at radius 1 is 1.25 bits per heavy atom. The zero-order valence-corrected chi connectivity index (χ0v) is 12.6. The predicted molar refractivity (Wildman–Crippen MR) is 79.4 cm³/mol. The number of ether oxygens (including phenoxy) is 1. The first kappa shape index (κ1) is 17.0. The van der Waals surface area contributed by atoms with Crippen molar-refractivity contribution >= 4 is 17.0 Å². The van der Waals surface area contributed by atoms with Gasteiger partial charge in [-0.05, 0) is 0 Å². The fraction of sp³-hybridized carbons (Fsp3) is 0.615. The van der Waals surface area contributed by atoms with Gasteiger partial charge in [0.15, 0.2) is 23.5 Å². The van der Waals surface area contributed by atoms with Crippen molar-refractivity contribution in [2.75, 3.05) is 18.9 Å². The molecule has 11 heteroatoms. The van der Waals surface area contributed by atoms with Crippen molar-refractivity contribution in [1.82, 2.24) is 19.5 Å². The second-order valence-corrected chi connectivity index (χ2v) is 5.55. The van der Waals surface area contributed by atoms with Crippen LogP contribution in [0.15, 0.2) is 6.33 Å². The van der Waals surface area contributed by atoms with Gasteiger partial charge in [-0.15, -0.1) is 0 Å². The number of imidazole rings is 1. The molecule has 132 valence electrons. The van der Waals surface area contributed by atoms with E-state index in [4.69, 9.17) is 15.6 Å². The molecule has 2 aromatic rings. The highest BCUT2D eigenvalue weighted by Gasteiger charge is 2.44. The van der Waals surface area contributed by atoms with Crippen LogP contribution >= 0.6 is 0 Å². The predicted octanol–water partition coefficient (Wildman–Crippen LogP) is -2.56. The number of hydrogen-bond donors (Lipinski definition) is 6. The minimum Gasteiger partial charge on any atom is -0.396 e. The maximum Gasteiger partial charge on any atom is 0.168 e. The molecule has 0 bridgehead atoms. The second kappa shape index (κ2) is 6.55. The Labute approximate surface area is 136 Å². The van der Waals surface area contributed by atoms with E-state index in [1.165, 1.54) is 10.9 Å². The standard InChI is InChI=1S/C13H19N5O6/c14-10-7-12(17-11(16-10)5(21)1-2-19)18(4-15-7)13-9(23)8(22)6(3-20)24-13/h4-6,8-9,13,19-23H,1-3H2,(H2,14,16,17)/t5?,6-,8-,9-,13-/m1/s1. The van der Waals surface area contributed by atoms with Crippen LogP contribution < -0.4 is 5.73 Å². The summed E-state index contributed by atoms with van der Waals surface area (Å²) in [6.45, 7) is -0.713. The van der Waals surface area contributed by atoms with Gasteiger partial charge in [0, 0.05) is 13.0 Å². The summed E-state index contributed by atoms with van der Waals surface area (Å²) >= 11 is 0. The smallest absolute Gasteiger partial charge is 0.168 e. The van der Waals surface area contributed by atoms with Gasteiger partial charge < -0.3 is 36.0 Å². The summed E-state index contributed by atoms with van der Waals surface area (Å²) in [4.78, 5) is 12.2. The lowest BCUT2D eigenvalue weighted by Gasteiger charge is -2.17. The number of aromatic nitrogens is 4. The molecule has 2 aromatic heterocycles. The van der Waals surface area contributed by atoms with Crippen molar-refractivity contribution in [3.63, 3.8) is 0 Å². The van der Waals surface area contributed by atoms with Crippen LogP contribution in [0.3, 0.4) is 0 Å². The number of nitrogens with two attached hydrogens (primary N) is 1. The summed E-state index contributed by atoms with van der Waals surface area (Å²) in [7, 11) is 0. The fourth-order valence-corrected chi connectivity index (χ4v) is 2.65. The van der Waals surface area contributed by atoms with Crippen LogP contribution in [0.1, 0.15) is 24.6 Å². The number of nitrogen functional groups attached to an aromatic ring is 1. The van der Waals surface area contributed by atoms with Crippen LogP contribution in [0.4, 0.5) is 5.82 Å². The van der Waals surface area contributed by atoms with E-state index in [0.29, 0.717) is 0 Å². The lowest BCUT2D eigenvalue weighted by Crippen LogP contribution is -2.33. The van der Waals surface area contributed by atoms with Crippen molar-refractivity contribution in [2.45, 2.75) is 37.1 Å². The third kappa shape index (κ3) is 2.70. The third-order valence-electron chi connectivity index (χ3n) is 3.96. The number of aliphatic hydroxyl groups is 5. The Hall–Kier alpha value is -1.89. The third-order valence-corrected chi connectivity index (χ3v) is 3.96. The molecule has 1 unspecified atom stereocenters. The maximum absolute atomic E-state index is 10.1. The summed E-state index contributed by atoms with van der Waals surface area (Å²) < 4.78 is 6.80. The zero-order valence-electron chi connectivity index (χ0n) is 12.6. The largest absolute Gasteiger partial charge is 0.396 e. The van der Waals surface area contributed by atoms with Crippen molar-refractivity contribution < 1.29 is 30.3 Å². The monoisotopic (exact) mass is 341 g/mol. The molecular formula is C13H19N5O6. The molecule has 1 fully saturated rings. The highest BCUT2D eigenvalue weighted by molar-refractivity contribution is 5.81. The van der Waals surface area contributed by atoms with Gasteiger partial charge in [0.25, 0.3) is 0 Å². The summed E-state index contributed by atoms with van der Waals surface area (Å²) in [6.07, 6.45) is -4.31. The van der Waals surface area contributed by atoms with Crippen molar-refractivity contribution in [2.24, 2.45) is 0 Å². The average molecular weight is 341 g/mol. The quantitative estimate of drug-likeness (QED) is 0.338. The van der Waals surface area contributed by atoms with Gasteiger partial charge in [0.1, 0.15) is 29.9 Å². The molecule has 0 radical (unpaired) electrons. The lowest BCUT2D eigenvalue weighted by molar-refractivity contribution is -0.0511. The first-order valence-corrected chi connectivity index (χ1v) is 7.39. The van der Waals surface area contributed by atoms with Crippen molar-refractivity contribution in [1.29, 1.82) is 0 Å². The van der Waals surface area contributed by atoms with Gasteiger partial charge >= 0.3 is 0 Å². The summed E-state index contributed by atoms with van der Waals surface area (Å²) in [5.41, 5.74) is 6.27. The highest BCUT2D eigenvalue weighted by atomic mass is 16.6. The van der Waals surface area contributed by atoms with Crippen LogP contribution in [0.5, 0.6) is 0 Å². The summed E-state index contributed by atoms with van der Waals surface area (Å²) in [6, 6.07) is 0. The molecule has 5 atom stereocenters. The van der Waals surface area contributed by atoms with Crippen LogP contribution in [-0.4, -0.2) is 76.6 Å². The first-order valence-electron chi connectivity index (χ1n) is 7.39. The highest BCUT2D eigenvalue weighted by Crippen LogP contribution is 2.32. The maximum atomic E-state index is 10.1.